The number of ether oxygens (including phenoxy) is 1. The monoisotopic (exact) mass is 779 g/mol. The molecule has 0 aliphatic carbocycles. The number of alkyl halides is 6. The summed E-state index contributed by atoms with van der Waals surface area (Å²) in [5, 5.41) is 20.9. The van der Waals surface area contributed by atoms with Gasteiger partial charge in [0.2, 0.25) is 5.88 Å². The fraction of sp³-hybridized carbons (Fsp3) is 0.179. The smallest absolute Gasteiger partial charge is 0.416 e. The zero-order chi connectivity index (χ0) is 40.4. The van der Waals surface area contributed by atoms with Crippen LogP contribution in [0.4, 0.5) is 49.1 Å². The van der Waals surface area contributed by atoms with Crippen LogP contribution in [0.25, 0.3) is 0 Å². The van der Waals surface area contributed by atoms with Crippen molar-refractivity contribution in [1.82, 2.24) is 4.98 Å². The number of anilines is 4. The number of aliphatic hydroxyl groups is 2. The molecule has 1 atom stereocenters. The average Bonchev–Trinajstić information content (AvgIpc) is 3.71. The van der Waals surface area contributed by atoms with Crippen LogP contribution in [0.1, 0.15) is 53.5 Å². The molecule has 0 saturated carbocycles. The van der Waals surface area contributed by atoms with Gasteiger partial charge in [0.15, 0.2) is 0 Å². The first kappa shape index (κ1) is 39.2. The lowest BCUT2D eigenvalue weighted by Gasteiger charge is -2.18. The average molecular weight is 780 g/mol. The molecule has 1 aromatic heterocycles. The van der Waals surface area contributed by atoms with E-state index in [9.17, 15) is 45.8 Å². The van der Waals surface area contributed by atoms with Gasteiger partial charge in [0.1, 0.15) is 18.4 Å². The summed E-state index contributed by atoms with van der Waals surface area (Å²) in [5.74, 6) is -1.51. The molecule has 1 unspecified atom stereocenters. The highest BCUT2D eigenvalue weighted by atomic mass is 19.4. The minimum absolute atomic E-state index is 0.0289. The molecule has 0 saturated heterocycles. The van der Waals surface area contributed by atoms with Crippen molar-refractivity contribution in [2.75, 3.05) is 34.1 Å². The highest BCUT2D eigenvalue weighted by molar-refractivity contribution is 6.16. The van der Waals surface area contributed by atoms with E-state index in [0.29, 0.717) is 16.8 Å². The summed E-state index contributed by atoms with van der Waals surface area (Å²) in [5.41, 5.74) is 6.75. The molecule has 2 aliphatic heterocycles. The number of hydrogen-bond acceptors (Lipinski definition) is 8. The molecule has 290 valence electrons. The van der Waals surface area contributed by atoms with Crippen LogP contribution in [-0.2, 0) is 25.4 Å². The second-order valence-corrected chi connectivity index (χ2v) is 12.6. The van der Waals surface area contributed by atoms with Crippen LogP contribution in [0, 0.1) is 0 Å². The molecule has 0 radical (unpaired) electrons. The van der Waals surface area contributed by atoms with Gasteiger partial charge in [-0.2, -0.15) is 26.3 Å². The first-order valence-corrected chi connectivity index (χ1v) is 16.7. The molecule has 56 heavy (non-hydrogen) atoms. The molecule has 5 aromatic rings. The number of nitrogens with one attached hydrogen (secondary N) is 1. The van der Waals surface area contributed by atoms with E-state index in [0.717, 1.165) is 29.8 Å². The van der Waals surface area contributed by atoms with Crippen molar-refractivity contribution < 1.29 is 55.7 Å². The van der Waals surface area contributed by atoms with Crippen LogP contribution in [-0.4, -0.2) is 52.2 Å². The van der Waals surface area contributed by atoms with Crippen molar-refractivity contribution in [3.8, 4) is 5.88 Å². The number of carbonyl (C=O) groups is 3. The number of benzene rings is 4. The second kappa shape index (κ2) is 15.7. The van der Waals surface area contributed by atoms with Crippen LogP contribution in [0.2, 0.25) is 0 Å². The number of rotatable bonds is 8. The number of aromatic nitrogens is 1. The Bertz CT molecular complexity index is 2300. The summed E-state index contributed by atoms with van der Waals surface area (Å²) >= 11 is 0. The van der Waals surface area contributed by atoms with Gasteiger partial charge in [0.05, 0.1) is 47.6 Å². The van der Waals surface area contributed by atoms with Crippen molar-refractivity contribution in [3.05, 3.63) is 142 Å². The number of carbonyl (C=O) groups excluding carboxylic acids is 3. The van der Waals surface area contributed by atoms with Gasteiger partial charge < -0.3 is 35.8 Å². The lowest BCUT2D eigenvalue weighted by molar-refractivity contribution is -0.138. The van der Waals surface area contributed by atoms with E-state index in [-0.39, 0.29) is 59.8 Å². The standard InChI is InChI=1S/C24H20F3N3O5.C15H11F3N2O/c25-24(26,27)15-5-2-6-16(10-15)30-11-14-4-1-7-18(21(14)23(30)34)29-22(33)19-8-3-9-20(28-19)35-13-17(32)12-31;16-15(17,18)10-4-2-5-11(7-10)20-8-9-3-1-6-12(19)13(9)14(20)21/h1-10,17,31-32H,11-13H2,(H,29,33);1-7H,8,19H2. The molecule has 0 spiro atoms. The van der Waals surface area contributed by atoms with Crippen molar-refractivity contribution in [2.45, 2.75) is 31.5 Å². The maximum atomic E-state index is 13.1. The predicted molar refractivity (Wildman–Crippen MR) is 192 cm³/mol. The lowest BCUT2D eigenvalue weighted by atomic mass is 10.1. The van der Waals surface area contributed by atoms with Crippen molar-refractivity contribution in [3.63, 3.8) is 0 Å². The summed E-state index contributed by atoms with van der Waals surface area (Å²) in [7, 11) is 0. The van der Waals surface area contributed by atoms with Crippen LogP contribution >= 0.6 is 0 Å². The molecule has 3 amide bonds. The minimum atomic E-state index is -4.55. The summed E-state index contributed by atoms with van der Waals surface area (Å²) in [6.45, 7) is -0.444. The molecule has 0 fully saturated rings. The number of aliphatic hydroxyl groups excluding tert-OH is 2. The maximum absolute atomic E-state index is 13.1. The zero-order valence-electron chi connectivity index (χ0n) is 28.9. The summed E-state index contributed by atoms with van der Waals surface area (Å²) in [4.78, 5) is 44.9. The topological polar surface area (TPSA) is 158 Å². The molecule has 0 bridgehead atoms. The molecule has 11 nitrogen and oxygen atoms in total. The fourth-order valence-corrected chi connectivity index (χ4v) is 6.02. The number of fused-ring (bicyclic) bond motifs is 2. The maximum Gasteiger partial charge on any atom is 0.416 e. The van der Waals surface area contributed by atoms with Gasteiger partial charge in [0, 0.05) is 23.1 Å². The number of amides is 3. The van der Waals surface area contributed by atoms with Gasteiger partial charge in [-0.05, 0) is 65.7 Å². The van der Waals surface area contributed by atoms with Crippen molar-refractivity contribution in [2.24, 2.45) is 0 Å². The fourth-order valence-electron chi connectivity index (χ4n) is 6.02. The third-order valence-corrected chi connectivity index (χ3v) is 8.72. The van der Waals surface area contributed by atoms with Crippen LogP contribution in [0.3, 0.4) is 0 Å². The SMILES string of the molecule is Nc1cccc2c1C(=O)N(c1cccc(C(F)(F)F)c1)C2.O=C(Nc1cccc2c1C(=O)N(c1cccc(C(F)(F)F)c1)C2)c1cccc(OCC(O)CO)n1. The molecule has 7 rings (SSSR count). The molecule has 17 heteroatoms. The Morgan fingerprint density at radius 2 is 1.29 bits per heavy atom. The zero-order valence-corrected chi connectivity index (χ0v) is 28.9. The number of nitrogens with zero attached hydrogens (tertiary/aromatic N) is 3. The van der Waals surface area contributed by atoms with E-state index in [1.54, 1.807) is 30.3 Å². The molecule has 3 heterocycles. The first-order chi connectivity index (χ1) is 26.5. The molecule has 5 N–H and O–H groups in total. The van der Waals surface area contributed by atoms with E-state index in [4.69, 9.17) is 15.6 Å². The van der Waals surface area contributed by atoms with Gasteiger partial charge in [-0.3, -0.25) is 14.4 Å². The van der Waals surface area contributed by atoms with Gasteiger partial charge in [-0.25, -0.2) is 4.98 Å². The van der Waals surface area contributed by atoms with E-state index in [1.165, 1.54) is 58.3 Å². The number of hydrogen-bond donors (Lipinski definition) is 4. The Morgan fingerprint density at radius 3 is 1.84 bits per heavy atom. The Labute approximate surface area is 314 Å². The third kappa shape index (κ3) is 8.43. The number of nitrogen functional groups attached to an aromatic ring is 1. The van der Waals surface area contributed by atoms with Gasteiger partial charge in [0.25, 0.3) is 17.7 Å². The van der Waals surface area contributed by atoms with Gasteiger partial charge in [-0.15, -0.1) is 0 Å². The van der Waals surface area contributed by atoms with Crippen molar-refractivity contribution >= 4 is 40.5 Å². The number of halogens is 6. The van der Waals surface area contributed by atoms with Crippen molar-refractivity contribution in [1.29, 1.82) is 0 Å². The van der Waals surface area contributed by atoms with E-state index >= 15 is 0 Å². The first-order valence-electron chi connectivity index (χ1n) is 16.7. The molecular formula is C39H31F6N5O6. The van der Waals surface area contributed by atoms with E-state index in [1.807, 2.05) is 0 Å². The Morgan fingerprint density at radius 1 is 0.768 bits per heavy atom. The highest BCUT2D eigenvalue weighted by Gasteiger charge is 2.36. The Hall–Kier alpha value is -6.46. The predicted octanol–water partition coefficient (Wildman–Crippen LogP) is 6.69. The number of nitrogens with two attached hydrogens (primary N) is 1. The minimum Gasteiger partial charge on any atom is -0.475 e. The second-order valence-electron chi connectivity index (χ2n) is 12.6. The summed E-state index contributed by atoms with van der Waals surface area (Å²) in [6, 6.07) is 23.5. The van der Waals surface area contributed by atoms with E-state index in [2.05, 4.69) is 10.3 Å². The van der Waals surface area contributed by atoms with Crippen LogP contribution in [0.15, 0.2) is 103 Å². The summed E-state index contributed by atoms with van der Waals surface area (Å²) in [6.07, 6.45) is -10.1. The largest absolute Gasteiger partial charge is 0.475 e. The van der Waals surface area contributed by atoms with Gasteiger partial charge in [-0.1, -0.05) is 42.5 Å². The van der Waals surface area contributed by atoms with Gasteiger partial charge >= 0.3 is 12.4 Å². The number of pyridine rings is 1. The van der Waals surface area contributed by atoms with Crippen LogP contribution < -0.4 is 25.6 Å². The summed E-state index contributed by atoms with van der Waals surface area (Å²) < 4.78 is 82.9. The van der Waals surface area contributed by atoms with Crippen LogP contribution in [0.5, 0.6) is 5.88 Å². The Kier molecular flexibility index (Phi) is 11.0. The molecular weight excluding hydrogens is 748 g/mol. The van der Waals surface area contributed by atoms with E-state index < -0.39 is 48.0 Å². The quantitative estimate of drug-likeness (QED) is 0.100. The Balaban J connectivity index is 0.000000215. The third-order valence-electron chi connectivity index (χ3n) is 8.72. The highest BCUT2D eigenvalue weighted by Crippen LogP contribution is 2.38. The lowest BCUT2D eigenvalue weighted by Crippen LogP contribution is -2.24. The molecule has 2 aliphatic rings. The molecule has 4 aromatic carbocycles. The normalized spacial score (nSPS) is 14.1.